The molecule has 102 valence electrons. The highest BCUT2D eigenvalue weighted by molar-refractivity contribution is 5.99. The number of terminal acetylenes is 1. The molecule has 0 aliphatic carbocycles. The van der Waals surface area contributed by atoms with Gasteiger partial charge in [0.2, 0.25) is 0 Å². The highest BCUT2D eigenvalue weighted by Crippen LogP contribution is 2.20. The standard InChI is InChI=1S/C16H16N2O2/c1-2-3-4-9-17-16(19)14-6-5-13-11-15(18-20)8-7-12(13)10-14/h1,5-8,10-11,18,20H,3-4,9H2,(H,17,19). The largest absolute Gasteiger partial charge is 0.352 e. The van der Waals surface area contributed by atoms with Crippen LogP contribution < -0.4 is 10.8 Å². The van der Waals surface area contributed by atoms with Crippen molar-refractivity contribution >= 4 is 22.4 Å². The van der Waals surface area contributed by atoms with Crippen molar-refractivity contribution < 1.29 is 10.0 Å². The quantitative estimate of drug-likeness (QED) is 0.444. The number of unbranched alkanes of at least 4 members (excludes halogenated alkanes) is 1. The van der Waals surface area contributed by atoms with Crippen LogP contribution in [0.1, 0.15) is 23.2 Å². The second kappa shape index (κ2) is 6.60. The van der Waals surface area contributed by atoms with Crippen molar-refractivity contribution in [3.8, 4) is 12.3 Å². The molecule has 2 aromatic carbocycles. The van der Waals surface area contributed by atoms with Crippen molar-refractivity contribution in [1.29, 1.82) is 0 Å². The fourth-order valence-electron chi connectivity index (χ4n) is 1.95. The zero-order valence-electron chi connectivity index (χ0n) is 11.0. The molecule has 0 unspecified atom stereocenters. The summed E-state index contributed by atoms with van der Waals surface area (Å²) in [5, 5.41) is 13.6. The van der Waals surface area contributed by atoms with Gasteiger partial charge in [-0.25, -0.2) is 0 Å². The molecule has 0 bridgehead atoms. The van der Waals surface area contributed by atoms with Crippen LogP contribution >= 0.6 is 0 Å². The fourth-order valence-corrected chi connectivity index (χ4v) is 1.95. The Morgan fingerprint density at radius 3 is 2.70 bits per heavy atom. The predicted octanol–water partition coefficient (Wildman–Crippen LogP) is 2.78. The Morgan fingerprint density at radius 2 is 1.95 bits per heavy atom. The molecule has 0 spiro atoms. The van der Waals surface area contributed by atoms with Crippen LogP contribution in [-0.4, -0.2) is 17.7 Å². The van der Waals surface area contributed by atoms with E-state index in [0.29, 0.717) is 24.2 Å². The lowest BCUT2D eigenvalue weighted by Crippen LogP contribution is -2.24. The number of anilines is 1. The minimum Gasteiger partial charge on any atom is -0.352 e. The smallest absolute Gasteiger partial charge is 0.251 e. The summed E-state index contributed by atoms with van der Waals surface area (Å²) in [5.41, 5.74) is 3.33. The first kappa shape index (κ1) is 13.9. The van der Waals surface area contributed by atoms with E-state index in [0.717, 1.165) is 17.2 Å². The van der Waals surface area contributed by atoms with Gasteiger partial charge in [0, 0.05) is 18.5 Å². The Hall–Kier alpha value is -2.51. The average molecular weight is 268 g/mol. The summed E-state index contributed by atoms with van der Waals surface area (Å²) in [4.78, 5) is 12.0. The number of carbonyl (C=O) groups is 1. The molecule has 0 aromatic heterocycles. The molecule has 0 aliphatic heterocycles. The Balaban J connectivity index is 2.11. The van der Waals surface area contributed by atoms with Crippen LogP contribution in [0.4, 0.5) is 5.69 Å². The van der Waals surface area contributed by atoms with E-state index < -0.39 is 0 Å². The van der Waals surface area contributed by atoms with Gasteiger partial charge in [-0.1, -0.05) is 12.1 Å². The zero-order chi connectivity index (χ0) is 14.4. The van der Waals surface area contributed by atoms with Gasteiger partial charge in [-0.05, 0) is 41.5 Å². The lowest BCUT2D eigenvalue weighted by Gasteiger charge is -2.06. The van der Waals surface area contributed by atoms with E-state index in [1.807, 2.05) is 24.3 Å². The first-order valence-corrected chi connectivity index (χ1v) is 6.40. The topological polar surface area (TPSA) is 61.4 Å². The van der Waals surface area contributed by atoms with Gasteiger partial charge >= 0.3 is 0 Å². The third kappa shape index (κ3) is 3.28. The summed E-state index contributed by atoms with van der Waals surface area (Å²) in [6, 6.07) is 10.9. The van der Waals surface area contributed by atoms with Crippen molar-refractivity contribution in [2.45, 2.75) is 12.8 Å². The van der Waals surface area contributed by atoms with Crippen molar-refractivity contribution in [2.75, 3.05) is 12.0 Å². The van der Waals surface area contributed by atoms with Gasteiger partial charge in [-0.15, -0.1) is 12.3 Å². The van der Waals surface area contributed by atoms with Crippen LogP contribution in [0.25, 0.3) is 10.8 Å². The first-order valence-electron chi connectivity index (χ1n) is 6.40. The lowest BCUT2D eigenvalue weighted by molar-refractivity contribution is 0.0953. The molecule has 3 N–H and O–H groups in total. The summed E-state index contributed by atoms with van der Waals surface area (Å²) in [6.07, 6.45) is 6.60. The normalized spacial score (nSPS) is 10.0. The van der Waals surface area contributed by atoms with Gasteiger partial charge in [0.25, 0.3) is 5.91 Å². The first-order chi connectivity index (χ1) is 9.74. The monoisotopic (exact) mass is 268 g/mol. The van der Waals surface area contributed by atoms with Gasteiger partial charge in [0.05, 0.1) is 5.69 Å². The van der Waals surface area contributed by atoms with E-state index in [1.165, 1.54) is 0 Å². The molecule has 2 rings (SSSR count). The van der Waals surface area contributed by atoms with Gasteiger partial charge in [0.1, 0.15) is 0 Å². The molecule has 0 saturated heterocycles. The molecule has 0 heterocycles. The van der Waals surface area contributed by atoms with E-state index in [1.54, 1.807) is 12.1 Å². The van der Waals surface area contributed by atoms with Crippen LogP contribution in [0, 0.1) is 12.3 Å². The van der Waals surface area contributed by atoms with Gasteiger partial charge < -0.3 is 5.32 Å². The number of fused-ring (bicyclic) bond motifs is 1. The number of carbonyl (C=O) groups excluding carboxylic acids is 1. The number of rotatable bonds is 5. The maximum atomic E-state index is 12.0. The van der Waals surface area contributed by atoms with Gasteiger partial charge in [-0.3, -0.25) is 15.5 Å². The highest BCUT2D eigenvalue weighted by Gasteiger charge is 2.05. The predicted molar refractivity (Wildman–Crippen MR) is 79.8 cm³/mol. The van der Waals surface area contributed by atoms with Crippen LogP contribution in [-0.2, 0) is 0 Å². The minimum absolute atomic E-state index is 0.103. The Bertz CT molecular complexity index is 659. The van der Waals surface area contributed by atoms with Gasteiger partial charge in [0.15, 0.2) is 0 Å². The molecule has 4 heteroatoms. The fraction of sp³-hybridized carbons (Fsp3) is 0.188. The van der Waals surface area contributed by atoms with Crippen molar-refractivity contribution in [1.82, 2.24) is 5.32 Å². The molecular weight excluding hydrogens is 252 g/mol. The third-order valence-electron chi connectivity index (χ3n) is 3.01. The Morgan fingerprint density at radius 1 is 1.20 bits per heavy atom. The number of hydrogen-bond acceptors (Lipinski definition) is 3. The van der Waals surface area contributed by atoms with Crippen LogP contribution in [0.15, 0.2) is 36.4 Å². The summed E-state index contributed by atoms with van der Waals surface area (Å²) >= 11 is 0. The zero-order valence-corrected chi connectivity index (χ0v) is 11.0. The highest BCUT2D eigenvalue weighted by atomic mass is 16.5. The van der Waals surface area contributed by atoms with Crippen molar-refractivity contribution in [2.24, 2.45) is 0 Å². The molecule has 0 fully saturated rings. The second-order valence-electron chi connectivity index (χ2n) is 4.45. The SMILES string of the molecule is C#CCCCNC(=O)c1ccc2cc(NO)ccc2c1. The summed E-state index contributed by atoms with van der Waals surface area (Å²) in [5.74, 6) is 2.44. The molecule has 0 aliphatic rings. The van der Waals surface area contributed by atoms with E-state index in [4.69, 9.17) is 11.6 Å². The van der Waals surface area contributed by atoms with E-state index in [9.17, 15) is 4.79 Å². The van der Waals surface area contributed by atoms with Crippen LogP contribution in [0.2, 0.25) is 0 Å². The number of amides is 1. The second-order valence-corrected chi connectivity index (χ2v) is 4.45. The maximum Gasteiger partial charge on any atom is 0.251 e. The van der Waals surface area contributed by atoms with Crippen molar-refractivity contribution in [3.63, 3.8) is 0 Å². The van der Waals surface area contributed by atoms with E-state index in [2.05, 4.69) is 16.7 Å². The molecular formula is C16H16N2O2. The number of hydrogen-bond donors (Lipinski definition) is 3. The van der Waals surface area contributed by atoms with E-state index in [-0.39, 0.29) is 5.91 Å². The molecule has 2 aromatic rings. The summed E-state index contributed by atoms with van der Waals surface area (Å²) < 4.78 is 0. The minimum atomic E-state index is -0.103. The maximum absolute atomic E-state index is 12.0. The average Bonchev–Trinajstić information content (AvgIpc) is 2.50. The molecule has 0 atom stereocenters. The van der Waals surface area contributed by atoms with Gasteiger partial charge in [-0.2, -0.15) is 0 Å². The number of benzene rings is 2. The van der Waals surface area contributed by atoms with E-state index >= 15 is 0 Å². The number of nitrogens with one attached hydrogen (secondary N) is 2. The van der Waals surface area contributed by atoms with Crippen LogP contribution in [0.5, 0.6) is 0 Å². The molecule has 1 amide bonds. The Labute approximate surface area is 117 Å². The summed E-state index contributed by atoms with van der Waals surface area (Å²) in [7, 11) is 0. The lowest BCUT2D eigenvalue weighted by atomic mass is 10.1. The molecule has 0 radical (unpaired) electrons. The molecule has 20 heavy (non-hydrogen) atoms. The van der Waals surface area contributed by atoms with Crippen molar-refractivity contribution in [3.05, 3.63) is 42.0 Å². The summed E-state index contributed by atoms with van der Waals surface area (Å²) in [6.45, 7) is 0.578. The molecule has 4 nitrogen and oxygen atoms in total. The third-order valence-corrected chi connectivity index (χ3v) is 3.01. The Kier molecular flexibility index (Phi) is 4.59. The van der Waals surface area contributed by atoms with Crippen LogP contribution in [0.3, 0.4) is 0 Å². The molecule has 0 saturated carbocycles.